The molecule has 0 unspecified atom stereocenters. The molecule has 0 atom stereocenters. The van der Waals surface area contributed by atoms with E-state index in [-0.39, 0.29) is 24.0 Å². The lowest BCUT2D eigenvalue weighted by Gasteiger charge is -1.98. The second-order valence-electron chi connectivity index (χ2n) is 3.58. The Bertz CT molecular complexity index is 615. The third-order valence-corrected chi connectivity index (χ3v) is 2.21. The van der Waals surface area contributed by atoms with E-state index in [1.807, 2.05) is 0 Å². The molecule has 0 aliphatic heterocycles. The summed E-state index contributed by atoms with van der Waals surface area (Å²) in [4.78, 5) is 19.2. The Morgan fingerprint density at radius 1 is 1.26 bits per heavy atom. The molecule has 4 nitrogen and oxygen atoms in total. The average Bonchev–Trinajstić information content (AvgIpc) is 2.46. The zero-order chi connectivity index (χ0) is 13.5. The Balaban J connectivity index is 1.87. The molecule has 0 bridgehead atoms. The van der Waals surface area contributed by atoms with Crippen LogP contribution in [0.4, 0.5) is 4.39 Å². The van der Waals surface area contributed by atoms with Crippen molar-refractivity contribution in [3.8, 4) is 11.8 Å². The van der Waals surface area contributed by atoms with E-state index in [1.165, 1.54) is 30.7 Å². The maximum atomic E-state index is 12.7. The molecular formula is C14H10FN3O. The van der Waals surface area contributed by atoms with Gasteiger partial charge in [-0.1, -0.05) is 11.8 Å². The number of hydrogen-bond donors (Lipinski definition) is 1. The van der Waals surface area contributed by atoms with Crippen molar-refractivity contribution in [2.75, 3.05) is 6.54 Å². The number of amides is 1. The van der Waals surface area contributed by atoms with Gasteiger partial charge in [0.1, 0.15) is 11.5 Å². The molecular weight excluding hydrogens is 245 g/mol. The predicted molar refractivity (Wildman–Crippen MR) is 67.6 cm³/mol. The number of hydrogen-bond acceptors (Lipinski definition) is 3. The number of nitrogens with zero attached hydrogens (tertiary/aromatic N) is 2. The highest BCUT2D eigenvalue weighted by Crippen LogP contribution is 2.00. The molecule has 2 rings (SSSR count). The van der Waals surface area contributed by atoms with E-state index in [0.29, 0.717) is 5.56 Å². The standard InChI is InChI=1S/C14H10FN3O/c15-12-5-3-11(4-6-12)2-1-7-18-14(19)13-10-16-8-9-17-13/h3-6,8-10H,7H2,(H,18,19). The number of benzene rings is 1. The molecule has 1 heterocycles. The summed E-state index contributed by atoms with van der Waals surface area (Å²) in [7, 11) is 0. The van der Waals surface area contributed by atoms with Crippen molar-refractivity contribution in [3.63, 3.8) is 0 Å². The normalized spacial score (nSPS) is 9.32. The van der Waals surface area contributed by atoms with E-state index >= 15 is 0 Å². The quantitative estimate of drug-likeness (QED) is 0.825. The van der Waals surface area contributed by atoms with Gasteiger partial charge in [-0.25, -0.2) is 9.37 Å². The first kappa shape index (κ1) is 12.7. The SMILES string of the molecule is O=C(NCC#Cc1ccc(F)cc1)c1cnccn1. The Hall–Kier alpha value is -2.74. The molecule has 2 aromatic rings. The molecule has 0 spiro atoms. The van der Waals surface area contributed by atoms with Gasteiger partial charge in [-0.15, -0.1) is 0 Å². The van der Waals surface area contributed by atoms with Crippen LogP contribution in [0.1, 0.15) is 16.1 Å². The molecule has 0 fully saturated rings. The molecule has 5 heteroatoms. The van der Waals surface area contributed by atoms with Crippen LogP contribution in [-0.2, 0) is 0 Å². The van der Waals surface area contributed by atoms with Crippen LogP contribution in [0.15, 0.2) is 42.9 Å². The molecule has 0 saturated carbocycles. The maximum Gasteiger partial charge on any atom is 0.272 e. The van der Waals surface area contributed by atoms with E-state index in [1.54, 1.807) is 12.1 Å². The Morgan fingerprint density at radius 3 is 2.74 bits per heavy atom. The van der Waals surface area contributed by atoms with Crippen LogP contribution in [0, 0.1) is 17.7 Å². The van der Waals surface area contributed by atoms with Gasteiger partial charge in [-0.05, 0) is 24.3 Å². The smallest absolute Gasteiger partial charge is 0.272 e. The Morgan fingerprint density at radius 2 is 2.05 bits per heavy atom. The van der Waals surface area contributed by atoms with Crippen molar-refractivity contribution < 1.29 is 9.18 Å². The number of halogens is 1. The van der Waals surface area contributed by atoms with E-state index in [9.17, 15) is 9.18 Å². The lowest BCUT2D eigenvalue weighted by molar-refractivity contribution is 0.0953. The van der Waals surface area contributed by atoms with Crippen LogP contribution in [0.5, 0.6) is 0 Å². The zero-order valence-electron chi connectivity index (χ0n) is 9.93. The fourth-order valence-electron chi connectivity index (χ4n) is 1.31. The summed E-state index contributed by atoms with van der Waals surface area (Å²) < 4.78 is 12.7. The average molecular weight is 255 g/mol. The molecule has 0 aliphatic carbocycles. The number of aromatic nitrogens is 2. The fourth-order valence-corrected chi connectivity index (χ4v) is 1.31. The third-order valence-electron chi connectivity index (χ3n) is 2.21. The van der Waals surface area contributed by atoms with Crippen molar-refractivity contribution in [3.05, 3.63) is 59.9 Å². The van der Waals surface area contributed by atoms with Gasteiger partial charge in [-0.2, -0.15) is 0 Å². The van der Waals surface area contributed by atoms with Crippen LogP contribution in [0.2, 0.25) is 0 Å². The summed E-state index contributed by atoms with van der Waals surface area (Å²) in [5.41, 5.74) is 0.932. The molecule has 1 amide bonds. The van der Waals surface area contributed by atoms with Crippen molar-refractivity contribution in [2.45, 2.75) is 0 Å². The van der Waals surface area contributed by atoms with Crippen LogP contribution < -0.4 is 5.32 Å². The largest absolute Gasteiger partial charge is 0.340 e. The van der Waals surface area contributed by atoms with E-state index in [2.05, 4.69) is 27.1 Å². The lowest BCUT2D eigenvalue weighted by atomic mass is 10.2. The second kappa shape index (κ2) is 6.26. The zero-order valence-corrected chi connectivity index (χ0v) is 9.93. The van der Waals surface area contributed by atoms with Gasteiger partial charge >= 0.3 is 0 Å². The lowest BCUT2D eigenvalue weighted by Crippen LogP contribution is -2.24. The van der Waals surface area contributed by atoms with Gasteiger partial charge in [0, 0.05) is 18.0 Å². The molecule has 0 radical (unpaired) electrons. The predicted octanol–water partition coefficient (Wildman–Crippen LogP) is 1.40. The Labute approximate surface area is 109 Å². The van der Waals surface area contributed by atoms with E-state index in [4.69, 9.17) is 0 Å². The number of rotatable bonds is 2. The van der Waals surface area contributed by atoms with Crippen molar-refractivity contribution in [1.82, 2.24) is 15.3 Å². The summed E-state index contributed by atoms with van der Waals surface area (Å²) >= 11 is 0. The van der Waals surface area contributed by atoms with Gasteiger partial charge in [-0.3, -0.25) is 9.78 Å². The minimum absolute atomic E-state index is 0.187. The first-order valence-corrected chi connectivity index (χ1v) is 5.54. The monoisotopic (exact) mass is 255 g/mol. The van der Waals surface area contributed by atoms with Gasteiger partial charge in [0.2, 0.25) is 0 Å². The molecule has 1 N–H and O–H groups in total. The number of carbonyl (C=O) groups is 1. The number of nitrogens with one attached hydrogen (secondary N) is 1. The minimum Gasteiger partial charge on any atom is -0.340 e. The summed E-state index contributed by atoms with van der Waals surface area (Å²) in [5.74, 6) is 4.94. The highest BCUT2D eigenvalue weighted by molar-refractivity contribution is 5.91. The van der Waals surface area contributed by atoms with Gasteiger partial charge < -0.3 is 5.32 Å². The minimum atomic E-state index is -0.332. The summed E-state index contributed by atoms with van der Waals surface area (Å²) in [5, 5.41) is 2.59. The van der Waals surface area contributed by atoms with Crippen LogP contribution in [-0.4, -0.2) is 22.4 Å². The van der Waals surface area contributed by atoms with Gasteiger partial charge in [0.15, 0.2) is 0 Å². The first-order valence-electron chi connectivity index (χ1n) is 5.54. The highest BCUT2D eigenvalue weighted by Gasteiger charge is 2.03. The molecule has 19 heavy (non-hydrogen) atoms. The van der Waals surface area contributed by atoms with Crippen LogP contribution in [0.25, 0.3) is 0 Å². The molecule has 1 aromatic heterocycles. The summed E-state index contributed by atoms with van der Waals surface area (Å²) in [6, 6.07) is 5.82. The topological polar surface area (TPSA) is 54.9 Å². The van der Waals surface area contributed by atoms with Crippen molar-refractivity contribution >= 4 is 5.91 Å². The van der Waals surface area contributed by atoms with Crippen molar-refractivity contribution in [2.24, 2.45) is 0 Å². The summed E-state index contributed by atoms with van der Waals surface area (Å²) in [6.07, 6.45) is 4.31. The Kier molecular flexibility index (Phi) is 4.19. The highest BCUT2D eigenvalue weighted by atomic mass is 19.1. The second-order valence-corrected chi connectivity index (χ2v) is 3.58. The molecule has 0 saturated heterocycles. The summed E-state index contributed by atoms with van der Waals surface area (Å²) in [6.45, 7) is 0.187. The van der Waals surface area contributed by atoms with Gasteiger partial charge in [0.05, 0.1) is 12.7 Å². The van der Waals surface area contributed by atoms with E-state index in [0.717, 1.165) is 0 Å². The van der Waals surface area contributed by atoms with E-state index < -0.39 is 0 Å². The molecule has 1 aromatic carbocycles. The fraction of sp³-hybridized carbons (Fsp3) is 0.0714. The molecule has 0 aliphatic rings. The third kappa shape index (κ3) is 3.89. The van der Waals surface area contributed by atoms with Crippen molar-refractivity contribution in [1.29, 1.82) is 0 Å². The van der Waals surface area contributed by atoms with Crippen LogP contribution >= 0.6 is 0 Å². The molecule has 94 valence electrons. The number of carbonyl (C=O) groups excluding carboxylic acids is 1. The maximum absolute atomic E-state index is 12.7. The van der Waals surface area contributed by atoms with Crippen LogP contribution in [0.3, 0.4) is 0 Å². The van der Waals surface area contributed by atoms with Gasteiger partial charge in [0.25, 0.3) is 5.91 Å². The first-order chi connectivity index (χ1) is 9.25.